The highest BCUT2D eigenvalue weighted by molar-refractivity contribution is 5.86. The molecule has 1 N–H and O–H groups in total. The third-order valence-corrected chi connectivity index (χ3v) is 2.23. The highest BCUT2D eigenvalue weighted by atomic mass is 16.5. The molecule has 1 unspecified atom stereocenters. The predicted octanol–water partition coefficient (Wildman–Crippen LogP) is 2.44. The summed E-state index contributed by atoms with van der Waals surface area (Å²) in [6.45, 7) is 7.56. The van der Waals surface area contributed by atoms with Gasteiger partial charge in [0.1, 0.15) is 0 Å². The van der Waals surface area contributed by atoms with E-state index in [1.165, 1.54) is 0 Å². The predicted molar refractivity (Wildman–Crippen MR) is 60.5 cm³/mol. The number of hydrogen-bond donors (Lipinski definition) is 1. The van der Waals surface area contributed by atoms with Crippen LogP contribution < -0.4 is 0 Å². The molecule has 0 aliphatic carbocycles. The van der Waals surface area contributed by atoms with Crippen LogP contribution in [0.1, 0.15) is 46.0 Å². The SMILES string of the molecule is C=C(C)C(=O)OCCCCCC(O)CC. The zero-order chi connectivity index (χ0) is 11.7. The van der Waals surface area contributed by atoms with Gasteiger partial charge in [0.05, 0.1) is 12.7 Å². The van der Waals surface area contributed by atoms with Crippen LogP contribution in [-0.2, 0) is 9.53 Å². The van der Waals surface area contributed by atoms with Crippen LogP contribution in [0.5, 0.6) is 0 Å². The van der Waals surface area contributed by atoms with Crippen LogP contribution in [0.4, 0.5) is 0 Å². The molecule has 0 spiro atoms. The Labute approximate surface area is 92.1 Å². The van der Waals surface area contributed by atoms with E-state index < -0.39 is 0 Å². The Balaban J connectivity index is 3.25. The van der Waals surface area contributed by atoms with Crippen LogP contribution in [0.15, 0.2) is 12.2 Å². The highest BCUT2D eigenvalue weighted by Gasteiger charge is 2.03. The summed E-state index contributed by atoms with van der Waals surface area (Å²) in [7, 11) is 0. The molecule has 3 nitrogen and oxygen atoms in total. The number of esters is 1. The van der Waals surface area contributed by atoms with Gasteiger partial charge in [0.2, 0.25) is 0 Å². The minimum Gasteiger partial charge on any atom is -0.462 e. The Hall–Kier alpha value is -0.830. The van der Waals surface area contributed by atoms with E-state index in [-0.39, 0.29) is 12.1 Å². The van der Waals surface area contributed by atoms with Gasteiger partial charge < -0.3 is 9.84 Å². The fourth-order valence-corrected chi connectivity index (χ4v) is 1.15. The Morgan fingerprint density at radius 3 is 2.60 bits per heavy atom. The Morgan fingerprint density at radius 2 is 2.07 bits per heavy atom. The minimum absolute atomic E-state index is 0.178. The van der Waals surface area contributed by atoms with Crippen molar-refractivity contribution in [3.05, 3.63) is 12.2 Å². The Bertz CT molecular complexity index is 199. The van der Waals surface area contributed by atoms with Crippen molar-refractivity contribution in [1.82, 2.24) is 0 Å². The van der Waals surface area contributed by atoms with Gasteiger partial charge in [0, 0.05) is 5.57 Å². The first-order valence-electron chi connectivity index (χ1n) is 5.58. The second kappa shape index (κ2) is 8.48. The third-order valence-electron chi connectivity index (χ3n) is 2.23. The van der Waals surface area contributed by atoms with Crippen LogP contribution in [0, 0.1) is 0 Å². The summed E-state index contributed by atoms with van der Waals surface area (Å²) >= 11 is 0. The van der Waals surface area contributed by atoms with Crippen molar-refractivity contribution >= 4 is 5.97 Å². The third kappa shape index (κ3) is 8.18. The molecule has 1 atom stereocenters. The van der Waals surface area contributed by atoms with Crippen LogP contribution in [0.3, 0.4) is 0 Å². The molecule has 0 heterocycles. The van der Waals surface area contributed by atoms with E-state index in [0.29, 0.717) is 12.2 Å². The van der Waals surface area contributed by atoms with Gasteiger partial charge in [-0.15, -0.1) is 0 Å². The molecule has 0 aromatic rings. The Kier molecular flexibility index (Phi) is 8.01. The molecule has 0 bridgehead atoms. The molecule has 0 aromatic carbocycles. The monoisotopic (exact) mass is 214 g/mol. The van der Waals surface area contributed by atoms with Crippen molar-refractivity contribution in [1.29, 1.82) is 0 Å². The smallest absolute Gasteiger partial charge is 0.333 e. The van der Waals surface area contributed by atoms with Crippen molar-refractivity contribution in [3.63, 3.8) is 0 Å². The van der Waals surface area contributed by atoms with E-state index in [9.17, 15) is 9.90 Å². The van der Waals surface area contributed by atoms with Crippen molar-refractivity contribution in [2.75, 3.05) is 6.61 Å². The van der Waals surface area contributed by atoms with Crippen molar-refractivity contribution < 1.29 is 14.6 Å². The first-order valence-corrected chi connectivity index (χ1v) is 5.58. The molecule has 0 aliphatic heterocycles. The number of carbonyl (C=O) groups is 1. The zero-order valence-electron chi connectivity index (χ0n) is 9.79. The summed E-state index contributed by atoms with van der Waals surface area (Å²) < 4.78 is 4.94. The summed E-state index contributed by atoms with van der Waals surface area (Å²) in [5.41, 5.74) is 0.441. The molecule has 15 heavy (non-hydrogen) atoms. The maximum Gasteiger partial charge on any atom is 0.333 e. The van der Waals surface area contributed by atoms with Gasteiger partial charge in [0.15, 0.2) is 0 Å². The summed E-state index contributed by atoms with van der Waals surface area (Å²) in [6.07, 6.45) is 4.30. The van der Waals surface area contributed by atoms with Crippen LogP contribution >= 0.6 is 0 Å². The quantitative estimate of drug-likeness (QED) is 0.383. The normalized spacial score (nSPS) is 12.2. The summed E-state index contributed by atoms with van der Waals surface area (Å²) in [5.74, 6) is -0.316. The first kappa shape index (κ1) is 14.2. The van der Waals surface area contributed by atoms with Crippen LogP contribution in [-0.4, -0.2) is 23.8 Å². The molecule has 0 rings (SSSR count). The second-order valence-electron chi connectivity index (χ2n) is 3.83. The van der Waals surface area contributed by atoms with Gasteiger partial charge in [-0.2, -0.15) is 0 Å². The lowest BCUT2D eigenvalue weighted by Gasteiger charge is -2.07. The van der Waals surface area contributed by atoms with Gasteiger partial charge in [-0.1, -0.05) is 19.9 Å². The molecule has 88 valence electrons. The van der Waals surface area contributed by atoms with E-state index >= 15 is 0 Å². The average molecular weight is 214 g/mol. The zero-order valence-corrected chi connectivity index (χ0v) is 9.79. The van der Waals surface area contributed by atoms with E-state index in [1.807, 2.05) is 6.92 Å². The van der Waals surface area contributed by atoms with Crippen molar-refractivity contribution in [2.45, 2.75) is 52.1 Å². The number of rotatable bonds is 8. The molecule has 0 amide bonds. The molecule has 0 aliphatic rings. The molecule has 0 aromatic heterocycles. The van der Waals surface area contributed by atoms with E-state index in [2.05, 4.69) is 6.58 Å². The minimum atomic E-state index is -0.316. The summed E-state index contributed by atoms with van der Waals surface area (Å²) in [6, 6.07) is 0. The number of aliphatic hydroxyl groups is 1. The lowest BCUT2D eigenvalue weighted by molar-refractivity contribution is -0.139. The van der Waals surface area contributed by atoms with Crippen LogP contribution in [0.25, 0.3) is 0 Å². The number of aliphatic hydroxyl groups excluding tert-OH is 1. The van der Waals surface area contributed by atoms with E-state index in [0.717, 1.165) is 32.1 Å². The number of hydrogen-bond acceptors (Lipinski definition) is 3. The maximum absolute atomic E-state index is 11.0. The first-order chi connectivity index (χ1) is 7.07. The van der Waals surface area contributed by atoms with Crippen molar-refractivity contribution in [2.24, 2.45) is 0 Å². The average Bonchev–Trinajstić information content (AvgIpc) is 2.22. The second-order valence-corrected chi connectivity index (χ2v) is 3.83. The number of carbonyl (C=O) groups excluding carboxylic acids is 1. The lowest BCUT2D eigenvalue weighted by atomic mass is 10.1. The maximum atomic E-state index is 11.0. The summed E-state index contributed by atoms with van der Waals surface area (Å²) in [5, 5.41) is 9.28. The molecular formula is C12H22O3. The van der Waals surface area contributed by atoms with Gasteiger partial charge in [-0.3, -0.25) is 0 Å². The van der Waals surface area contributed by atoms with Gasteiger partial charge in [-0.25, -0.2) is 4.79 Å². The topological polar surface area (TPSA) is 46.5 Å². The molecule has 3 heteroatoms. The van der Waals surface area contributed by atoms with Gasteiger partial charge in [-0.05, 0) is 32.6 Å². The van der Waals surface area contributed by atoms with E-state index in [1.54, 1.807) is 6.92 Å². The fourth-order valence-electron chi connectivity index (χ4n) is 1.15. The van der Waals surface area contributed by atoms with Gasteiger partial charge in [0.25, 0.3) is 0 Å². The van der Waals surface area contributed by atoms with Gasteiger partial charge >= 0.3 is 5.97 Å². The van der Waals surface area contributed by atoms with Crippen molar-refractivity contribution in [3.8, 4) is 0 Å². The lowest BCUT2D eigenvalue weighted by Crippen LogP contribution is -2.07. The largest absolute Gasteiger partial charge is 0.462 e. The molecular weight excluding hydrogens is 192 g/mol. The highest BCUT2D eigenvalue weighted by Crippen LogP contribution is 2.06. The molecule has 0 fully saturated rings. The summed E-state index contributed by atoms with van der Waals surface area (Å²) in [4.78, 5) is 11.0. The molecule has 0 saturated heterocycles. The standard InChI is InChI=1S/C12H22O3/c1-4-11(13)8-6-5-7-9-15-12(14)10(2)3/h11,13H,2,4-9H2,1,3H3. The van der Waals surface area contributed by atoms with Crippen LogP contribution in [0.2, 0.25) is 0 Å². The Morgan fingerprint density at radius 1 is 1.40 bits per heavy atom. The number of ether oxygens (including phenoxy) is 1. The fraction of sp³-hybridized carbons (Fsp3) is 0.750. The number of unbranched alkanes of at least 4 members (excludes halogenated alkanes) is 2. The molecule has 0 saturated carbocycles. The molecule has 0 radical (unpaired) electrons. The van der Waals surface area contributed by atoms with E-state index in [4.69, 9.17) is 4.74 Å².